The molecule has 1 aromatic heterocycles. The Morgan fingerprint density at radius 1 is 1.00 bits per heavy atom. The lowest BCUT2D eigenvalue weighted by atomic mass is 10.2. The van der Waals surface area contributed by atoms with Gasteiger partial charge in [0, 0.05) is 5.69 Å². The van der Waals surface area contributed by atoms with Crippen molar-refractivity contribution in [1.82, 2.24) is 9.97 Å². The van der Waals surface area contributed by atoms with Crippen LogP contribution in [0, 0.1) is 0 Å². The van der Waals surface area contributed by atoms with Crippen molar-refractivity contribution < 1.29 is 32.2 Å². The summed E-state index contributed by atoms with van der Waals surface area (Å²) in [7, 11) is 1.28. The van der Waals surface area contributed by atoms with Crippen molar-refractivity contribution in [2.75, 3.05) is 18.2 Å². The van der Waals surface area contributed by atoms with Gasteiger partial charge in [-0.25, -0.2) is 9.78 Å². The number of hydrogen-bond acceptors (Lipinski definition) is 8. The number of benzene rings is 2. The summed E-state index contributed by atoms with van der Waals surface area (Å²) in [6.45, 7) is 0. The quantitative estimate of drug-likeness (QED) is 0.569. The Balaban J connectivity index is 1.72. The Morgan fingerprint density at radius 3 is 2.23 bits per heavy atom. The molecular weight excluding hydrogens is 405 g/mol. The lowest BCUT2D eigenvalue weighted by Crippen LogP contribution is -2.17. The number of nitrogens with two attached hydrogens (primary N) is 1. The zero-order valence-electron chi connectivity index (χ0n) is 15.4. The van der Waals surface area contributed by atoms with Crippen LogP contribution < -0.4 is 20.5 Å². The van der Waals surface area contributed by atoms with Crippen molar-refractivity contribution in [2.24, 2.45) is 0 Å². The largest absolute Gasteiger partial charge is 0.573 e. The van der Waals surface area contributed by atoms with E-state index in [0.717, 1.165) is 12.1 Å². The molecular formula is C19H15F3N4O4. The van der Waals surface area contributed by atoms with E-state index in [9.17, 15) is 18.0 Å². The predicted molar refractivity (Wildman–Crippen MR) is 101 cm³/mol. The molecule has 0 radical (unpaired) electrons. The lowest BCUT2D eigenvalue weighted by molar-refractivity contribution is -0.274. The zero-order valence-corrected chi connectivity index (χ0v) is 15.4. The van der Waals surface area contributed by atoms with Crippen molar-refractivity contribution in [1.29, 1.82) is 0 Å². The number of alkyl halides is 3. The van der Waals surface area contributed by atoms with E-state index in [4.69, 9.17) is 10.5 Å². The maximum absolute atomic E-state index is 12.2. The standard InChI is InChI=1S/C19H15F3N4O4/c1-28-18(27)11-2-6-13(7-3-11)29-17-15(23)16(24-10-25-17)26-12-4-8-14(9-5-12)30-19(20,21)22/h2-10H,23H2,1H3,(H,24,25,26). The molecule has 156 valence electrons. The third kappa shape index (κ3) is 5.28. The Bertz CT molecular complexity index is 1030. The third-order valence-electron chi connectivity index (χ3n) is 3.69. The molecule has 0 aliphatic heterocycles. The molecule has 0 atom stereocenters. The van der Waals surface area contributed by atoms with E-state index in [1.807, 2.05) is 0 Å². The van der Waals surface area contributed by atoms with Crippen LogP contribution in [0.1, 0.15) is 10.4 Å². The summed E-state index contributed by atoms with van der Waals surface area (Å²) >= 11 is 0. The second-order valence-corrected chi connectivity index (χ2v) is 5.76. The number of nitrogens with one attached hydrogen (secondary N) is 1. The number of rotatable bonds is 6. The van der Waals surface area contributed by atoms with E-state index >= 15 is 0 Å². The molecule has 0 aliphatic carbocycles. The summed E-state index contributed by atoms with van der Waals surface area (Å²) in [5.74, 6) is -0.233. The number of anilines is 3. The molecule has 0 unspecified atom stereocenters. The Hall–Kier alpha value is -4.02. The van der Waals surface area contributed by atoms with E-state index in [-0.39, 0.29) is 23.1 Å². The van der Waals surface area contributed by atoms with E-state index in [2.05, 4.69) is 24.8 Å². The van der Waals surface area contributed by atoms with Gasteiger partial charge in [0.15, 0.2) is 5.82 Å². The van der Waals surface area contributed by atoms with E-state index in [1.165, 1.54) is 37.7 Å². The van der Waals surface area contributed by atoms with Gasteiger partial charge in [0.05, 0.1) is 12.7 Å². The molecule has 0 spiro atoms. The van der Waals surface area contributed by atoms with Gasteiger partial charge in [0.25, 0.3) is 0 Å². The van der Waals surface area contributed by atoms with Crippen LogP contribution in [-0.4, -0.2) is 29.4 Å². The minimum atomic E-state index is -4.77. The van der Waals surface area contributed by atoms with Crippen molar-refractivity contribution in [3.63, 3.8) is 0 Å². The summed E-state index contributed by atoms with van der Waals surface area (Å²) in [6, 6.07) is 11.1. The van der Waals surface area contributed by atoms with Gasteiger partial charge in [-0.05, 0) is 48.5 Å². The van der Waals surface area contributed by atoms with Gasteiger partial charge in [-0.15, -0.1) is 13.2 Å². The number of nitrogen functional groups attached to an aromatic ring is 1. The van der Waals surface area contributed by atoms with Crippen LogP contribution in [0.5, 0.6) is 17.4 Å². The maximum Gasteiger partial charge on any atom is 0.573 e. The van der Waals surface area contributed by atoms with Gasteiger partial charge in [0.2, 0.25) is 5.88 Å². The number of aromatic nitrogens is 2. The van der Waals surface area contributed by atoms with Crippen molar-refractivity contribution in [3.05, 3.63) is 60.4 Å². The minimum Gasteiger partial charge on any atom is -0.465 e. The Labute approximate surface area is 168 Å². The highest BCUT2D eigenvalue weighted by Crippen LogP contribution is 2.32. The van der Waals surface area contributed by atoms with E-state index < -0.39 is 12.3 Å². The first-order valence-electron chi connectivity index (χ1n) is 8.34. The van der Waals surface area contributed by atoms with Crippen LogP contribution in [0.25, 0.3) is 0 Å². The molecule has 0 aliphatic rings. The van der Waals surface area contributed by atoms with Crippen molar-refractivity contribution in [3.8, 4) is 17.4 Å². The summed E-state index contributed by atoms with van der Waals surface area (Å²) in [5, 5.41) is 2.87. The van der Waals surface area contributed by atoms with Gasteiger partial charge < -0.3 is 25.3 Å². The summed E-state index contributed by atoms with van der Waals surface area (Å²) in [5.41, 5.74) is 6.87. The third-order valence-corrected chi connectivity index (χ3v) is 3.69. The minimum absolute atomic E-state index is 0.0512. The highest BCUT2D eigenvalue weighted by Gasteiger charge is 2.30. The Morgan fingerprint density at radius 2 is 1.63 bits per heavy atom. The topological polar surface area (TPSA) is 109 Å². The van der Waals surface area contributed by atoms with Crippen LogP contribution in [0.2, 0.25) is 0 Å². The Kier molecular flexibility index (Phi) is 5.90. The first-order chi connectivity index (χ1) is 14.2. The number of esters is 1. The molecule has 3 rings (SSSR count). The van der Waals surface area contributed by atoms with Crippen LogP contribution >= 0.6 is 0 Å². The lowest BCUT2D eigenvalue weighted by Gasteiger charge is -2.13. The van der Waals surface area contributed by atoms with E-state index in [1.54, 1.807) is 12.1 Å². The normalized spacial score (nSPS) is 10.9. The molecule has 3 N–H and O–H groups in total. The molecule has 0 saturated heterocycles. The van der Waals surface area contributed by atoms with Gasteiger partial charge in [-0.3, -0.25) is 0 Å². The van der Waals surface area contributed by atoms with Gasteiger partial charge >= 0.3 is 12.3 Å². The molecule has 30 heavy (non-hydrogen) atoms. The summed E-state index contributed by atoms with van der Waals surface area (Å²) < 4.78 is 50.8. The molecule has 1 heterocycles. The van der Waals surface area contributed by atoms with Crippen LogP contribution in [-0.2, 0) is 4.74 Å². The first kappa shape index (κ1) is 20.7. The average molecular weight is 420 g/mol. The predicted octanol–water partition coefficient (Wildman–Crippen LogP) is 4.28. The number of halogens is 3. The second-order valence-electron chi connectivity index (χ2n) is 5.76. The second kappa shape index (κ2) is 8.55. The fourth-order valence-corrected chi connectivity index (χ4v) is 2.33. The zero-order chi connectivity index (χ0) is 21.7. The number of ether oxygens (including phenoxy) is 3. The molecule has 11 heteroatoms. The monoisotopic (exact) mass is 420 g/mol. The number of carbonyl (C=O) groups is 1. The summed E-state index contributed by atoms with van der Waals surface area (Å²) in [6.07, 6.45) is -3.56. The first-order valence-corrected chi connectivity index (χ1v) is 8.34. The molecule has 0 bridgehead atoms. The van der Waals surface area contributed by atoms with Crippen LogP contribution in [0.4, 0.5) is 30.4 Å². The number of nitrogens with zero attached hydrogens (tertiary/aromatic N) is 2. The molecule has 3 aromatic rings. The molecule has 8 nitrogen and oxygen atoms in total. The number of carbonyl (C=O) groups excluding carboxylic acids is 1. The fraction of sp³-hybridized carbons (Fsp3) is 0.105. The maximum atomic E-state index is 12.2. The average Bonchev–Trinajstić information content (AvgIpc) is 2.71. The van der Waals surface area contributed by atoms with Gasteiger partial charge in [-0.1, -0.05) is 0 Å². The van der Waals surface area contributed by atoms with Crippen LogP contribution in [0.3, 0.4) is 0 Å². The highest BCUT2D eigenvalue weighted by atomic mass is 19.4. The number of methoxy groups -OCH3 is 1. The molecule has 0 saturated carbocycles. The van der Waals surface area contributed by atoms with Crippen LogP contribution in [0.15, 0.2) is 54.9 Å². The van der Waals surface area contributed by atoms with Crippen molar-refractivity contribution in [2.45, 2.75) is 6.36 Å². The number of hydrogen-bond donors (Lipinski definition) is 2. The summed E-state index contributed by atoms with van der Waals surface area (Å²) in [4.78, 5) is 19.4. The highest BCUT2D eigenvalue weighted by molar-refractivity contribution is 5.89. The molecule has 2 aromatic carbocycles. The van der Waals surface area contributed by atoms with Gasteiger partial charge in [0.1, 0.15) is 23.5 Å². The van der Waals surface area contributed by atoms with Crippen molar-refractivity contribution >= 4 is 23.2 Å². The molecule has 0 amide bonds. The SMILES string of the molecule is COC(=O)c1ccc(Oc2ncnc(Nc3ccc(OC(F)(F)F)cc3)c2N)cc1. The fourth-order valence-electron chi connectivity index (χ4n) is 2.33. The van der Waals surface area contributed by atoms with Gasteiger partial charge in [-0.2, -0.15) is 4.98 Å². The van der Waals surface area contributed by atoms with E-state index in [0.29, 0.717) is 17.0 Å². The molecule has 0 fully saturated rings. The smallest absolute Gasteiger partial charge is 0.465 e.